The van der Waals surface area contributed by atoms with Crippen LogP contribution in [-0.2, 0) is 11.2 Å². The average molecular weight is 340 g/mol. The summed E-state index contributed by atoms with van der Waals surface area (Å²) in [6.45, 7) is 2.73. The molecule has 0 saturated carbocycles. The summed E-state index contributed by atoms with van der Waals surface area (Å²) in [5.41, 5.74) is 2.80. The number of amides is 1. The lowest BCUT2D eigenvalue weighted by molar-refractivity contribution is 0.0526. The van der Waals surface area contributed by atoms with Crippen molar-refractivity contribution in [3.05, 3.63) is 51.2 Å². The summed E-state index contributed by atoms with van der Waals surface area (Å²) in [4.78, 5) is 26.9. The molecule has 0 aliphatic carbocycles. The van der Waals surface area contributed by atoms with Gasteiger partial charge in [-0.05, 0) is 49.6 Å². The molecular weight excluding hydrogens is 324 g/mol. The van der Waals surface area contributed by atoms with Gasteiger partial charge in [-0.25, -0.2) is 4.79 Å². The summed E-state index contributed by atoms with van der Waals surface area (Å²) in [6, 6.07) is 8.97. The predicted octanol–water partition coefficient (Wildman–Crippen LogP) is 3.39. The van der Waals surface area contributed by atoms with Gasteiger partial charge in [0.25, 0.3) is 5.91 Å². The van der Waals surface area contributed by atoms with E-state index in [0.717, 1.165) is 24.1 Å². The molecule has 0 atom stereocenters. The second kappa shape index (κ2) is 6.85. The van der Waals surface area contributed by atoms with Crippen molar-refractivity contribution in [3.63, 3.8) is 0 Å². The number of aryl methyl sites for hydroxylation is 1. The van der Waals surface area contributed by atoms with Crippen LogP contribution in [0, 0.1) is 11.3 Å². The van der Waals surface area contributed by atoms with E-state index >= 15 is 0 Å². The lowest BCUT2D eigenvalue weighted by Crippen LogP contribution is -2.35. The number of ether oxygens (including phenoxy) is 1. The van der Waals surface area contributed by atoms with Crippen LogP contribution in [0.3, 0.4) is 0 Å². The molecule has 24 heavy (non-hydrogen) atoms. The van der Waals surface area contributed by atoms with Crippen LogP contribution in [0.1, 0.15) is 44.5 Å². The normalized spacial score (nSPS) is 13.1. The highest BCUT2D eigenvalue weighted by atomic mass is 32.1. The minimum absolute atomic E-state index is 0.105. The maximum Gasteiger partial charge on any atom is 0.338 e. The number of carbonyl (C=O) groups is 2. The van der Waals surface area contributed by atoms with Crippen LogP contribution in [0.5, 0.6) is 0 Å². The van der Waals surface area contributed by atoms with Gasteiger partial charge in [0.1, 0.15) is 6.07 Å². The van der Waals surface area contributed by atoms with E-state index in [9.17, 15) is 9.59 Å². The number of nitriles is 1. The Hall–Kier alpha value is -2.65. The second-order valence-electron chi connectivity index (χ2n) is 5.44. The maximum absolute atomic E-state index is 12.7. The lowest BCUT2D eigenvalue weighted by atomic mass is 9.99. The molecule has 1 aliphatic heterocycles. The SMILES string of the molecule is CCOC(=O)c1ccc2c(c1)CCCN2C(=O)c1cc(C#N)cs1. The van der Waals surface area contributed by atoms with Crippen molar-refractivity contribution in [2.75, 3.05) is 18.1 Å². The van der Waals surface area contributed by atoms with E-state index in [1.807, 2.05) is 12.1 Å². The molecule has 0 N–H and O–H groups in total. The minimum Gasteiger partial charge on any atom is -0.462 e. The van der Waals surface area contributed by atoms with Gasteiger partial charge < -0.3 is 9.64 Å². The minimum atomic E-state index is -0.347. The highest BCUT2D eigenvalue weighted by Crippen LogP contribution is 2.30. The molecule has 2 aromatic rings. The number of rotatable bonds is 3. The van der Waals surface area contributed by atoms with Gasteiger partial charge >= 0.3 is 5.97 Å². The number of fused-ring (bicyclic) bond motifs is 1. The van der Waals surface area contributed by atoms with Gasteiger partial charge in [0.2, 0.25) is 0 Å². The fourth-order valence-corrected chi connectivity index (χ4v) is 3.57. The lowest BCUT2D eigenvalue weighted by Gasteiger charge is -2.29. The molecule has 3 rings (SSSR count). The zero-order chi connectivity index (χ0) is 17.1. The van der Waals surface area contributed by atoms with Crippen LogP contribution in [0.15, 0.2) is 29.6 Å². The summed E-state index contributed by atoms with van der Waals surface area (Å²) in [5, 5.41) is 10.6. The molecular formula is C18H16N2O3S. The summed E-state index contributed by atoms with van der Waals surface area (Å²) >= 11 is 1.28. The topological polar surface area (TPSA) is 70.4 Å². The Morgan fingerprint density at radius 2 is 2.21 bits per heavy atom. The van der Waals surface area contributed by atoms with Gasteiger partial charge in [0.15, 0.2) is 0 Å². The van der Waals surface area contributed by atoms with E-state index in [-0.39, 0.29) is 11.9 Å². The molecule has 0 bridgehead atoms. The first-order valence-corrected chi connectivity index (χ1v) is 8.62. The second-order valence-corrected chi connectivity index (χ2v) is 6.35. The van der Waals surface area contributed by atoms with Gasteiger partial charge in [-0.3, -0.25) is 4.79 Å². The van der Waals surface area contributed by atoms with E-state index in [0.29, 0.717) is 29.2 Å². The molecule has 0 saturated heterocycles. The quantitative estimate of drug-likeness (QED) is 0.803. The third-order valence-electron chi connectivity index (χ3n) is 3.89. The van der Waals surface area contributed by atoms with E-state index in [4.69, 9.17) is 10.00 Å². The molecule has 0 spiro atoms. The summed E-state index contributed by atoms with van der Waals surface area (Å²) in [7, 11) is 0. The molecule has 1 aliphatic rings. The van der Waals surface area contributed by atoms with Crippen LogP contribution in [0.25, 0.3) is 0 Å². The first-order valence-electron chi connectivity index (χ1n) is 7.74. The third-order valence-corrected chi connectivity index (χ3v) is 4.81. The predicted molar refractivity (Wildman–Crippen MR) is 91.4 cm³/mol. The molecule has 1 aromatic heterocycles. The van der Waals surface area contributed by atoms with Gasteiger partial charge in [-0.15, -0.1) is 11.3 Å². The standard InChI is InChI=1S/C18H16N2O3S/c1-2-23-18(22)14-5-6-15-13(9-14)4-3-7-20(15)17(21)16-8-12(10-19)11-24-16/h5-6,8-9,11H,2-4,7H2,1H3. The van der Waals surface area contributed by atoms with Crippen molar-refractivity contribution < 1.29 is 14.3 Å². The molecule has 1 aromatic carbocycles. The Kier molecular flexibility index (Phi) is 4.63. The van der Waals surface area contributed by atoms with E-state index < -0.39 is 0 Å². The van der Waals surface area contributed by atoms with Crippen molar-refractivity contribution >= 4 is 28.9 Å². The molecule has 6 heteroatoms. The van der Waals surface area contributed by atoms with Crippen LogP contribution in [-0.4, -0.2) is 25.0 Å². The van der Waals surface area contributed by atoms with Gasteiger partial charge in [-0.2, -0.15) is 5.26 Å². The van der Waals surface area contributed by atoms with Gasteiger partial charge in [-0.1, -0.05) is 0 Å². The summed E-state index contributed by atoms with van der Waals surface area (Å²) in [6.07, 6.45) is 1.65. The molecule has 5 nitrogen and oxygen atoms in total. The van der Waals surface area contributed by atoms with Crippen molar-refractivity contribution in [2.24, 2.45) is 0 Å². The average Bonchev–Trinajstić information content (AvgIpc) is 3.09. The summed E-state index contributed by atoms with van der Waals surface area (Å²) < 4.78 is 5.03. The molecule has 0 fully saturated rings. The largest absolute Gasteiger partial charge is 0.462 e. The Morgan fingerprint density at radius 3 is 2.92 bits per heavy atom. The van der Waals surface area contributed by atoms with Gasteiger partial charge in [0, 0.05) is 17.6 Å². The Labute approximate surface area is 144 Å². The molecule has 122 valence electrons. The fourth-order valence-electron chi connectivity index (χ4n) is 2.79. The number of anilines is 1. The van der Waals surface area contributed by atoms with E-state index in [2.05, 4.69) is 0 Å². The zero-order valence-corrected chi connectivity index (χ0v) is 14.1. The summed E-state index contributed by atoms with van der Waals surface area (Å²) in [5.74, 6) is -0.452. The fraction of sp³-hybridized carbons (Fsp3) is 0.278. The Morgan fingerprint density at radius 1 is 1.38 bits per heavy atom. The first kappa shape index (κ1) is 16.2. The smallest absolute Gasteiger partial charge is 0.338 e. The van der Waals surface area contributed by atoms with Crippen LogP contribution in [0.2, 0.25) is 0 Å². The Balaban J connectivity index is 1.90. The van der Waals surface area contributed by atoms with Gasteiger partial charge in [0.05, 0.1) is 22.6 Å². The monoisotopic (exact) mass is 340 g/mol. The zero-order valence-electron chi connectivity index (χ0n) is 13.2. The van der Waals surface area contributed by atoms with E-state index in [1.165, 1.54) is 11.3 Å². The van der Waals surface area contributed by atoms with Crippen molar-refractivity contribution in [1.82, 2.24) is 0 Å². The number of hydrogen-bond acceptors (Lipinski definition) is 5. The molecule has 0 radical (unpaired) electrons. The molecule has 0 unspecified atom stereocenters. The maximum atomic E-state index is 12.7. The first-order chi connectivity index (χ1) is 11.6. The number of hydrogen-bond donors (Lipinski definition) is 0. The third kappa shape index (κ3) is 3.03. The number of benzene rings is 1. The number of carbonyl (C=O) groups excluding carboxylic acids is 2. The molecule has 2 heterocycles. The highest BCUT2D eigenvalue weighted by Gasteiger charge is 2.25. The number of esters is 1. The van der Waals surface area contributed by atoms with Crippen LogP contribution >= 0.6 is 11.3 Å². The number of thiophene rings is 1. The van der Waals surface area contributed by atoms with E-state index in [1.54, 1.807) is 35.4 Å². The van der Waals surface area contributed by atoms with Crippen molar-refractivity contribution in [1.29, 1.82) is 5.26 Å². The highest BCUT2D eigenvalue weighted by molar-refractivity contribution is 7.12. The number of nitrogens with zero attached hydrogens (tertiary/aromatic N) is 2. The van der Waals surface area contributed by atoms with Crippen molar-refractivity contribution in [2.45, 2.75) is 19.8 Å². The Bertz CT molecular complexity index is 835. The van der Waals surface area contributed by atoms with Crippen molar-refractivity contribution in [3.8, 4) is 6.07 Å². The molecule has 1 amide bonds. The van der Waals surface area contributed by atoms with Crippen LogP contribution < -0.4 is 4.90 Å². The van der Waals surface area contributed by atoms with Crippen LogP contribution in [0.4, 0.5) is 5.69 Å².